The second-order valence-corrected chi connectivity index (χ2v) is 5.73. The van der Waals surface area contributed by atoms with Crippen molar-refractivity contribution in [2.24, 2.45) is 5.73 Å². The van der Waals surface area contributed by atoms with E-state index in [4.69, 9.17) is 22.1 Å². The minimum atomic E-state index is -0.333. The Balaban J connectivity index is 2.19. The smallest absolute Gasteiger partial charge is 0.133 e. The van der Waals surface area contributed by atoms with Crippen LogP contribution in [0.25, 0.3) is 0 Å². The highest BCUT2D eigenvalue weighted by Gasteiger charge is 2.12. The summed E-state index contributed by atoms with van der Waals surface area (Å²) in [6, 6.07) is 9.92. The van der Waals surface area contributed by atoms with Gasteiger partial charge in [-0.1, -0.05) is 23.7 Å². The van der Waals surface area contributed by atoms with Crippen molar-refractivity contribution in [3.63, 3.8) is 0 Å². The summed E-state index contributed by atoms with van der Waals surface area (Å²) in [4.78, 5) is 0. The lowest BCUT2D eigenvalue weighted by Crippen LogP contribution is -2.14. The molecule has 2 rings (SSSR count). The van der Waals surface area contributed by atoms with Gasteiger partial charge in [-0.3, -0.25) is 0 Å². The van der Waals surface area contributed by atoms with E-state index in [-0.39, 0.29) is 11.9 Å². The fraction of sp³-hybridized carbons (Fsp3) is 0.200. The van der Waals surface area contributed by atoms with Gasteiger partial charge < -0.3 is 10.5 Å². The molecule has 0 amide bonds. The van der Waals surface area contributed by atoms with Crippen LogP contribution in [0.3, 0.4) is 0 Å². The zero-order valence-electron chi connectivity index (χ0n) is 10.9. The van der Waals surface area contributed by atoms with E-state index >= 15 is 0 Å². The molecule has 5 heteroatoms. The zero-order chi connectivity index (χ0) is 14.7. The predicted molar refractivity (Wildman–Crippen MR) is 82.7 cm³/mol. The quantitative estimate of drug-likeness (QED) is 0.874. The standard InChI is InChI=1S/C15H14BrClFNO/c1-20-15-5-3-10(6-12(15)16)14(19)7-9-2-4-11(17)8-13(9)18/h2-6,8,14H,7,19H2,1H3. The maximum atomic E-state index is 13.8. The Labute approximate surface area is 130 Å². The maximum Gasteiger partial charge on any atom is 0.133 e. The first-order valence-corrected chi connectivity index (χ1v) is 7.21. The highest BCUT2D eigenvalue weighted by atomic mass is 79.9. The van der Waals surface area contributed by atoms with Crippen LogP contribution in [0.15, 0.2) is 40.9 Å². The number of nitrogens with two attached hydrogens (primary N) is 1. The molecule has 0 aliphatic carbocycles. The first-order chi connectivity index (χ1) is 9.51. The largest absolute Gasteiger partial charge is 0.496 e. The van der Waals surface area contributed by atoms with Gasteiger partial charge in [-0.2, -0.15) is 0 Å². The molecule has 2 N–H and O–H groups in total. The summed E-state index contributed by atoms with van der Waals surface area (Å²) in [5.41, 5.74) is 7.59. The second-order valence-electron chi connectivity index (χ2n) is 4.44. The topological polar surface area (TPSA) is 35.2 Å². The van der Waals surface area contributed by atoms with E-state index in [1.165, 1.54) is 6.07 Å². The molecule has 0 radical (unpaired) electrons. The first kappa shape index (κ1) is 15.3. The number of halogens is 3. The third kappa shape index (κ3) is 3.51. The molecule has 0 spiro atoms. The number of hydrogen-bond donors (Lipinski definition) is 1. The van der Waals surface area contributed by atoms with Crippen molar-refractivity contribution >= 4 is 27.5 Å². The van der Waals surface area contributed by atoms with Crippen LogP contribution in [-0.4, -0.2) is 7.11 Å². The SMILES string of the molecule is COc1ccc(C(N)Cc2ccc(Cl)cc2F)cc1Br. The summed E-state index contributed by atoms with van der Waals surface area (Å²) < 4.78 is 19.7. The summed E-state index contributed by atoms with van der Waals surface area (Å²) in [5.74, 6) is 0.402. The molecule has 0 bridgehead atoms. The Morgan fingerprint density at radius 2 is 2.05 bits per heavy atom. The third-order valence-corrected chi connectivity index (χ3v) is 3.91. The molecule has 0 saturated carbocycles. The highest BCUT2D eigenvalue weighted by molar-refractivity contribution is 9.10. The van der Waals surface area contributed by atoms with E-state index in [9.17, 15) is 4.39 Å². The van der Waals surface area contributed by atoms with Crippen LogP contribution < -0.4 is 10.5 Å². The summed E-state index contributed by atoms with van der Waals surface area (Å²) in [5, 5.41) is 0.381. The van der Waals surface area contributed by atoms with E-state index in [0.29, 0.717) is 17.0 Å². The van der Waals surface area contributed by atoms with Gasteiger partial charge in [-0.15, -0.1) is 0 Å². The summed E-state index contributed by atoms with van der Waals surface area (Å²) in [6.07, 6.45) is 0.405. The molecule has 2 aromatic carbocycles. The lowest BCUT2D eigenvalue weighted by Gasteiger charge is -2.14. The Kier molecular flexibility index (Phi) is 5.02. The van der Waals surface area contributed by atoms with Crippen molar-refractivity contribution in [3.8, 4) is 5.75 Å². The third-order valence-electron chi connectivity index (χ3n) is 3.06. The van der Waals surface area contributed by atoms with Gasteiger partial charge in [0.05, 0.1) is 11.6 Å². The van der Waals surface area contributed by atoms with Gasteiger partial charge in [-0.05, 0) is 57.7 Å². The molecule has 0 aromatic heterocycles. The number of rotatable bonds is 4. The van der Waals surface area contributed by atoms with Crippen LogP contribution >= 0.6 is 27.5 Å². The number of methoxy groups -OCH3 is 1. The number of hydrogen-bond acceptors (Lipinski definition) is 2. The van der Waals surface area contributed by atoms with Gasteiger partial charge in [0, 0.05) is 11.1 Å². The minimum Gasteiger partial charge on any atom is -0.496 e. The summed E-state index contributed by atoms with van der Waals surface area (Å²) in [6.45, 7) is 0. The van der Waals surface area contributed by atoms with Crippen LogP contribution in [0, 0.1) is 5.82 Å². The van der Waals surface area contributed by atoms with Gasteiger partial charge in [0.15, 0.2) is 0 Å². The van der Waals surface area contributed by atoms with E-state index < -0.39 is 0 Å². The Hall–Kier alpha value is -1.10. The van der Waals surface area contributed by atoms with Crippen molar-refractivity contribution in [2.75, 3.05) is 7.11 Å². The fourth-order valence-corrected chi connectivity index (χ4v) is 2.67. The van der Waals surface area contributed by atoms with Crippen molar-refractivity contribution in [2.45, 2.75) is 12.5 Å². The molecule has 0 aliphatic heterocycles. The van der Waals surface area contributed by atoms with Crippen molar-refractivity contribution in [1.82, 2.24) is 0 Å². The molecule has 106 valence electrons. The van der Waals surface area contributed by atoms with Crippen molar-refractivity contribution < 1.29 is 9.13 Å². The first-order valence-electron chi connectivity index (χ1n) is 6.04. The molecular formula is C15H14BrClFNO. The molecule has 2 nitrogen and oxygen atoms in total. The molecule has 0 saturated heterocycles. The zero-order valence-corrected chi connectivity index (χ0v) is 13.2. The molecule has 0 fully saturated rings. The lowest BCUT2D eigenvalue weighted by atomic mass is 9.99. The van der Waals surface area contributed by atoms with Gasteiger partial charge in [0.25, 0.3) is 0 Å². The van der Waals surface area contributed by atoms with Gasteiger partial charge >= 0.3 is 0 Å². The minimum absolute atomic E-state index is 0.298. The van der Waals surface area contributed by atoms with Crippen molar-refractivity contribution in [3.05, 3.63) is 62.8 Å². The normalized spacial score (nSPS) is 12.2. The second kappa shape index (κ2) is 6.57. The molecule has 2 aromatic rings. The van der Waals surface area contributed by atoms with Crippen LogP contribution in [0.4, 0.5) is 4.39 Å². The van der Waals surface area contributed by atoms with Gasteiger partial charge in [0.1, 0.15) is 11.6 Å². The monoisotopic (exact) mass is 357 g/mol. The average Bonchev–Trinajstić information content (AvgIpc) is 2.41. The Morgan fingerprint density at radius 1 is 1.30 bits per heavy atom. The highest BCUT2D eigenvalue weighted by Crippen LogP contribution is 2.29. The van der Waals surface area contributed by atoms with E-state index in [1.54, 1.807) is 19.2 Å². The maximum absolute atomic E-state index is 13.8. The Bertz CT molecular complexity index is 621. The van der Waals surface area contributed by atoms with E-state index in [2.05, 4.69) is 15.9 Å². The molecular weight excluding hydrogens is 345 g/mol. The molecule has 20 heavy (non-hydrogen) atoms. The van der Waals surface area contributed by atoms with E-state index in [0.717, 1.165) is 15.8 Å². The molecule has 1 unspecified atom stereocenters. The van der Waals surface area contributed by atoms with Crippen LogP contribution in [-0.2, 0) is 6.42 Å². The number of benzene rings is 2. The number of ether oxygens (including phenoxy) is 1. The van der Waals surface area contributed by atoms with Crippen LogP contribution in [0.1, 0.15) is 17.2 Å². The van der Waals surface area contributed by atoms with Crippen molar-refractivity contribution in [1.29, 1.82) is 0 Å². The lowest BCUT2D eigenvalue weighted by molar-refractivity contribution is 0.412. The molecule has 0 aliphatic rings. The molecule has 1 atom stereocenters. The fourth-order valence-electron chi connectivity index (χ4n) is 1.96. The van der Waals surface area contributed by atoms with Crippen LogP contribution in [0.2, 0.25) is 5.02 Å². The average molecular weight is 359 g/mol. The van der Waals surface area contributed by atoms with E-state index in [1.807, 2.05) is 18.2 Å². The predicted octanol–water partition coefficient (Wildman–Crippen LogP) is 4.49. The summed E-state index contributed by atoms with van der Waals surface area (Å²) in [7, 11) is 1.60. The molecule has 0 heterocycles. The van der Waals surface area contributed by atoms with Gasteiger partial charge in [0.2, 0.25) is 0 Å². The van der Waals surface area contributed by atoms with Gasteiger partial charge in [-0.25, -0.2) is 4.39 Å². The summed E-state index contributed by atoms with van der Waals surface area (Å²) >= 11 is 9.15. The van der Waals surface area contributed by atoms with Crippen LogP contribution in [0.5, 0.6) is 5.75 Å². The Morgan fingerprint density at radius 3 is 2.65 bits per heavy atom.